The molecule has 1 aliphatic rings. The summed E-state index contributed by atoms with van der Waals surface area (Å²) in [7, 11) is 0. The number of aromatic nitrogens is 3. The molecule has 0 bridgehead atoms. The van der Waals surface area contributed by atoms with Crippen LogP contribution in [0.5, 0.6) is 0 Å². The molecule has 0 amide bonds. The minimum absolute atomic E-state index is 0.550. The van der Waals surface area contributed by atoms with Crippen molar-refractivity contribution in [2.45, 2.75) is 5.41 Å². The van der Waals surface area contributed by atoms with E-state index < -0.39 is 5.41 Å². The summed E-state index contributed by atoms with van der Waals surface area (Å²) in [4.78, 5) is 16.2. The summed E-state index contributed by atoms with van der Waals surface area (Å²) in [5, 5.41) is 4.52. The monoisotopic (exact) mass is 745 g/mol. The van der Waals surface area contributed by atoms with Gasteiger partial charge in [-0.15, -0.1) is 11.3 Å². The van der Waals surface area contributed by atoms with E-state index in [2.05, 4.69) is 170 Å². The van der Waals surface area contributed by atoms with Crippen molar-refractivity contribution in [2.24, 2.45) is 0 Å². The second kappa shape index (κ2) is 12.4. The highest BCUT2D eigenvalue weighted by Crippen LogP contribution is 2.58. The van der Waals surface area contributed by atoms with Crippen LogP contribution < -0.4 is 0 Å². The summed E-state index contributed by atoms with van der Waals surface area (Å²) in [5.41, 5.74) is 11.0. The molecule has 0 radical (unpaired) electrons. The highest BCUT2D eigenvalue weighted by molar-refractivity contribution is 7.26. The van der Waals surface area contributed by atoms with E-state index in [1.165, 1.54) is 43.3 Å². The summed E-state index contributed by atoms with van der Waals surface area (Å²) in [6.45, 7) is 0. The second-order valence-corrected chi connectivity index (χ2v) is 15.7. The zero-order chi connectivity index (χ0) is 37.5. The predicted octanol–water partition coefficient (Wildman–Crippen LogP) is 13.5. The van der Waals surface area contributed by atoms with Gasteiger partial charge < -0.3 is 4.42 Å². The molecule has 5 heteroatoms. The lowest BCUT2D eigenvalue weighted by Crippen LogP contribution is -2.28. The summed E-state index contributed by atoms with van der Waals surface area (Å²) in [5.74, 6) is 1.81. The number of nitrogens with zero attached hydrogens (tertiary/aromatic N) is 3. The lowest BCUT2D eigenvalue weighted by atomic mass is 9.67. The Kier molecular flexibility index (Phi) is 6.98. The SMILES string of the molecule is c1ccc(C2(c3ccccc3)c3ccccc3-c3c(-c4nc(-c5cccc6c5oc5ccccc56)nc(-c5cccc6c5sc5ccccc56)n4)cccc32)cc1. The average molecular weight is 746 g/mol. The van der Waals surface area contributed by atoms with Crippen molar-refractivity contribution >= 4 is 53.4 Å². The van der Waals surface area contributed by atoms with Gasteiger partial charge in [-0.25, -0.2) is 15.0 Å². The molecule has 0 unspecified atom stereocenters. The van der Waals surface area contributed by atoms with Crippen molar-refractivity contribution in [1.82, 2.24) is 15.0 Å². The van der Waals surface area contributed by atoms with Gasteiger partial charge >= 0.3 is 0 Å². The van der Waals surface area contributed by atoms with Crippen LogP contribution >= 0.6 is 11.3 Å². The van der Waals surface area contributed by atoms with E-state index >= 15 is 0 Å². The second-order valence-electron chi connectivity index (χ2n) is 14.6. The Morgan fingerprint density at radius 1 is 0.386 bits per heavy atom. The van der Waals surface area contributed by atoms with Crippen molar-refractivity contribution in [3.63, 3.8) is 0 Å². The van der Waals surface area contributed by atoms with Crippen LogP contribution in [-0.2, 0) is 5.41 Å². The van der Waals surface area contributed by atoms with Gasteiger partial charge in [0, 0.05) is 42.1 Å². The molecule has 8 aromatic carbocycles. The maximum Gasteiger partial charge on any atom is 0.167 e. The molecular weight excluding hydrogens is 715 g/mol. The summed E-state index contributed by atoms with van der Waals surface area (Å²) in [6.07, 6.45) is 0. The zero-order valence-corrected chi connectivity index (χ0v) is 31.4. The van der Waals surface area contributed by atoms with Gasteiger partial charge in [0.25, 0.3) is 0 Å². The molecule has 0 saturated heterocycles. The minimum atomic E-state index is -0.550. The Bertz CT molecular complexity index is 3190. The van der Waals surface area contributed by atoms with Crippen LogP contribution in [0.1, 0.15) is 22.3 Å². The van der Waals surface area contributed by atoms with E-state index in [9.17, 15) is 0 Å². The molecule has 0 spiro atoms. The van der Waals surface area contributed by atoms with Gasteiger partial charge in [-0.1, -0.05) is 164 Å². The topological polar surface area (TPSA) is 51.8 Å². The van der Waals surface area contributed by atoms with Crippen molar-refractivity contribution in [3.05, 3.63) is 210 Å². The minimum Gasteiger partial charge on any atom is -0.455 e. The summed E-state index contributed by atoms with van der Waals surface area (Å²) < 4.78 is 8.97. The molecule has 0 atom stereocenters. The van der Waals surface area contributed by atoms with Crippen molar-refractivity contribution in [2.75, 3.05) is 0 Å². The molecule has 266 valence electrons. The van der Waals surface area contributed by atoms with Crippen LogP contribution in [0.2, 0.25) is 0 Å². The largest absolute Gasteiger partial charge is 0.455 e. The van der Waals surface area contributed by atoms with E-state index in [1.54, 1.807) is 11.3 Å². The van der Waals surface area contributed by atoms with Gasteiger partial charge in [-0.3, -0.25) is 0 Å². The Labute approximate surface area is 332 Å². The summed E-state index contributed by atoms with van der Waals surface area (Å²) >= 11 is 1.78. The Morgan fingerprint density at radius 3 is 1.70 bits per heavy atom. The average Bonchev–Trinajstić information content (AvgIpc) is 3.95. The lowest BCUT2D eigenvalue weighted by Gasteiger charge is -2.33. The number of hydrogen-bond acceptors (Lipinski definition) is 5. The highest BCUT2D eigenvalue weighted by atomic mass is 32.1. The van der Waals surface area contributed by atoms with E-state index in [0.29, 0.717) is 17.5 Å². The first kappa shape index (κ1) is 32.1. The van der Waals surface area contributed by atoms with Crippen molar-refractivity contribution in [1.29, 1.82) is 0 Å². The molecule has 0 aliphatic heterocycles. The molecule has 0 saturated carbocycles. The third kappa shape index (κ3) is 4.64. The predicted molar refractivity (Wildman–Crippen MR) is 234 cm³/mol. The molecule has 0 N–H and O–H groups in total. The van der Waals surface area contributed by atoms with E-state index in [0.717, 1.165) is 48.9 Å². The Morgan fingerprint density at radius 2 is 0.912 bits per heavy atom. The maximum atomic E-state index is 6.59. The molecule has 1 aliphatic carbocycles. The van der Waals surface area contributed by atoms with Crippen molar-refractivity contribution < 1.29 is 4.42 Å². The fraction of sp³-hybridized carbons (Fsp3) is 0.0192. The van der Waals surface area contributed by atoms with Crippen LogP contribution in [-0.4, -0.2) is 15.0 Å². The van der Waals surface area contributed by atoms with Crippen LogP contribution in [0.4, 0.5) is 0 Å². The van der Waals surface area contributed by atoms with Gasteiger partial charge in [0.15, 0.2) is 17.5 Å². The Hall–Kier alpha value is -7.21. The van der Waals surface area contributed by atoms with Gasteiger partial charge in [0.2, 0.25) is 0 Å². The van der Waals surface area contributed by atoms with Crippen molar-refractivity contribution in [3.8, 4) is 45.3 Å². The van der Waals surface area contributed by atoms with Crippen LogP contribution in [0.3, 0.4) is 0 Å². The van der Waals surface area contributed by atoms with E-state index in [-0.39, 0.29) is 0 Å². The fourth-order valence-electron chi connectivity index (χ4n) is 9.26. The van der Waals surface area contributed by atoms with E-state index in [1.807, 2.05) is 18.2 Å². The first-order valence-corrected chi connectivity index (χ1v) is 20.0. The quantitative estimate of drug-likeness (QED) is 0.176. The third-order valence-electron chi connectivity index (χ3n) is 11.6. The molecule has 3 aromatic heterocycles. The van der Waals surface area contributed by atoms with Crippen LogP contribution in [0, 0.1) is 0 Å². The molecule has 11 aromatic rings. The first-order chi connectivity index (χ1) is 28.3. The smallest absolute Gasteiger partial charge is 0.167 e. The van der Waals surface area contributed by atoms with Gasteiger partial charge in [-0.05, 0) is 57.6 Å². The Balaban J connectivity index is 1.18. The molecule has 0 fully saturated rings. The summed E-state index contributed by atoms with van der Waals surface area (Å²) in [6, 6.07) is 66.7. The van der Waals surface area contributed by atoms with E-state index in [4.69, 9.17) is 19.4 Å². The number of rotatable bonds is 5. The molecule has 3 heterocycles. The molecule has 12 rings (SSSR count). The molecule has 57 heavy (non-hydrogen) atoms. The van der Waals surface area contributed by atoms with Gasteiger partial charge in [-0.2, -0.15) is 0 Å². The van der Waals surface area contributed by atoms with Gasteiger partial charge in [0.05, 0.1) is 11.0 Å². The zero-order valence-electron chi connectivity index (χ0n) is 30.6. The fourth-order valence-corrected chi connectivity index (χ4v) is 10.5. The number of benzene rings is 8. The number of hydrogen-bond donors (Lipinski definition) is 0. The first-order valence-electron chi connectivity index (χ1n) is 19.2. The lowest BCUT2D eigenvalue weighted by molar-refractivity contribution is 0.669. The third-order valence-corrected chi connectivity index (χ3v) is 12.9. The molecular formula is C52H31N3OS. The molecule has 4 nitrogen and oxygen atoms in total. The number of para-hydroxylation sites is 2. The standard InChI is InChI=1S/C52H31N3OS/c1-3-16-32(17-4-1)52(33-18-5-2-6-19-33)42-28-10-7-22-38(42)46-39(25-15-29-43(46)52)49-53-50(40-26-13-23-36-34-20-8-11-30-44(34)56-47(36)40)55-51(54-49)41-27-14-24-37-35-21-9-12-31-45(35)57-48(37)41/h1-31H. The maximum absolute atomic E-state index is 6.59. The van der Waals surface area contributed by atoms with Crippen LogP contribution in [0.15, 0.2) is 192 Å². The van der Waals surface area contributed by atoms with Crippen LogP contribution in [0.25, 0.3) is 87.4 Å². The normalized spacial score (nSPS) is 13.1. The number of thiophene rings is 1. The highest BCUT2D eigenvalue weighted by Gasteiger charge is 2.47. The number of fused-ring (bicyclic) bond motifs is 9. The number of furan rings is 1. The van der Waals surface area contributed by atoms with Gasteiger partial charge in [0.1, 0.15) is 11.2 Å².